The van der Waals surface area contributed by atoms with E-state index in [1.165, 1.54) is 18.2 Å². The van der Waals surface area contributed by atoms with Crippen molar-refractivity contribution in [2.45, 2.75) is 38.8 Å². The molecule has 5 rings (SSSR count). The predicted octanol–water partition coefficient (Wildman–Crippen LogP) is 4.54. The first-order chi connectivity index (χ1) is 17.5. The van der Waals surface area contributed by atoms with Crippen LogP contribution in [0.4, 0.5) is 4.39 Å². The molecule has 2 aliphatic rings. The van der Waals surface area contributed by atoms with Gasteiger partial charge in [0.2, 0.25) is 11.7 Å². The molecule has 36 heavy (non-hydrogen) atoms. The minimum Gasteiger partial charge on any atom is -0.377 e. The summed E-state index contributed by atoms with van der Waals surface area (Å²) in [5.74, 6) is -0.555. The van der Waals surface area contributed by atoms with Crippen LogP contribution in [0.1, 0.15) is 42.3 Å². The summed E-state index contributed by atoms with van der Waals surface area (Å²) in [5.41, 5.74) is 1.29. The number of benzene rings is 2. The number of piperidine rings is 2. The molecule has 1 aromatic heterocycles. The standard InChI is InChI=1S/C28H30FN3O4/c1-2-35-23-16-28(27(34)32(18-23)17-20-8-4-3-5-9-20)12-7-13-31(19-28)26(33)25-15-24(30-36-25)21-10-6-11-22(29)14-21/h3-6,8-11,14-15,23H,2,7,12-13,16-19H2,1H3/t23-,28-/m0/s1. The Hall–Kier alpha value is -3.52. The summed E-state index contributed by atoms with van der Waals surface area (Å²) < 4.78 is 25.0. The van der Waals surface area contributed by atoms with Crippen LogP contribution in [0.25, 0.3) is 11.3 Å². The van der Waals surface area contributed by atoms with Crippen molar-refractivity contribution in [3.63, 3.8) is 0 Å². The lowest BCUT2D eigenvalue weighted by atomic mass is 9.72. The zero-order chi connectivity index (χ0) is 25.1. The molecule has 0 aliphatic carbocycles. The van der Waals surface area contributed by atoms with E-state index in [1.807, 2.05) is 42.2 Å². The maximum atomic E-state index is 13.8. The third-order valence-corrected chi connectivity index (χ3v) is 7.11. The molecule has 3 heterocycles. The van der Waals surface area contributed by atoms with Crippen LogP contribution in [0.3, 0.4) is 0 Å². The molecule has 0 N–H and O–H groups in total. The maximum Gasteiger partial charge on any atom is 0.292 e. The molecule has 2 aliphatic heterocycles. The molecular weight excluding hydrogens is 461 g/mol. The highest BCUT2D eigenvalue weighted by Crippen LogP contribution is 2.41. The van der Waals surface area contributed by atoms with Gasteiger partial charge >= 0.3 is 0 Å². The van der Waals surface area contributed by atoms with Crippen molar-refractivity contribution in [2.24, 2.45) is 5.41 Å². The first-order valence-electron chi connectivity index (χ1n) is 12.4. The number of ether oxygens (including phenoxy) is 1. The van der Waals surface area contributed by atoms with Gasteiger partial charge < -0.3 is 19.1 Å². The van der Waals surface area contributed by atoms with Crippen LogP contribution >= 0.6 is 0 Å². The summed E-state index contributed by atoms with van der Waals surface area (Å²) in [6, 6.07) is 17.4. The van der Waals surface area contributed by atoms with Crippen molar-refractivity contribution >= 4 is 11.8 Å². The van der Waals surface area contributed by atoms with E-state index in [4.69, 9.17) is 9.26 Å². The lowest BCUT2D eigenvalue weighted by molar-refractivity contribution is -0.159. The van der Waals surface area contributed by atoms with Crippen LogP contribution in [0.2, 0.25) is 0 Å². The van der Waals surface area contributed by atoms with Crippen LogP contribution in [0, 0.1) is 11.2 Å². The topological polar surface area (TPSA) is 75.9 Å². The van der Waals surface area contributed by atoms with E-state index in [1.54, 1.807) is 17.0 Å². The molecule has 2 saturated heterocycles. The van der Waals surface area contributed by atoms with Crippen molar-refractivity contribution in [3.05, 3.63) is 77.8 Å². The number of amides is 2. The lowest BCUT2D eigenvalue weighted by Gasteiger charge is -2.49. The molecule has 188 valence electrons. The number of carbonyl (C=O) groups excluding carboxylic acids is 2. The first-order valence-corrected chi connectivity index (χ1v) is 12.4. The Morgan fingerprint density at radius 3 is 2.81 bits per heavy atom. The van der Waals surface area contributed by atoms with E-state index in [0.29, 0.717) is 63.3 Å². The van der Waals surface area contributed by atoms with Crippen LogP contribution in [-0.2, 0) is 16.1 Å². The molecule has 0 saturated carbocycles. The van der Waals surface area contributed by atoms with E-state index < -0.39 is 5.41 Å². The fourth-order valence-electron chi connectivity index (χ4n) is 5.50. The van der Waals surface area contributed by atoms with Crippen molar-refractivity contribution in [1.82, 2.24) is 15.0 Å². The largest absolute Gasteiger partial charge is 0.377 e. The summed E-state index contributed by atoms with van der Waals surface area (Å²) >= 11 is 0. The number of nitrogens with zero attached hydrogens (tertiary/aromatic N) is 3. The van der Waals surface area contributed by atoms with E-state index in [2.05, 4.69) is 5.16 Å². The Morgan fingerprint density at radius 1 is 1.19 bits per heavy atom. The Labute approximate surface area is 209 Å². The zero-order valence-electron chi connectivity index (χ0n) is 20.4. The second kappa shape index (κ2) is 10.2. The van der Waals surface area contributed by atoms with Gasteiger partial charge in [0.1, 0.15) is 11.5 Å². The molecule has 0 radical (unpaired) electrons. The van der Waals surface area contributed by atoms with Crippen molar-refractivity contribution in [1.29, 1.82) is 0 Å². The van der Waals surface area contributed by atoms with Crippen LogP contribution in [-0.4, -0.2) is 59.1 Å². The van der Waals surface area contributed by atoms with Crippen LogP contribution in [0.15, 0.2) is 65.2 Å². The number of hydrogen-bond acceptors (Lipinski definition) is 5. The predicted molar refractivity (Wildman–Crippen MR) is 131 cm³/mol. The summed E-state index contributed by atoms with van der Waals surface area (Å²) in [6.07, 6.45) is 1.91. The molecule has 2 amide bonds. The average Bonchev–Trinajstić information content (AvgIpc) is 3.38. The smallest absolute Gasteiger partial charge is 0.292 e. The maximum absolute atomic E-state index is 13.8. The van der Waals surface area contributed by atoms with Gasteiger partial charge in [-0.2, -0.15) is 0 Å². The first kappa shape index (κ1) is 24.2. The van der Waals surface area contributed by atoms with Gasteiger partial charge in [-0.05, 0) is 43.9 Å². The summed E-state index contributed by atoms with van der Waals surface area (Å²) in [5, 5.41) is 3.97. The van der Waals surface area contributed by atoms with Gasteiger partial charge in [0.15, 0.2) is 0 Å². The molecule has 7 nitrogen and oxygen atoms in total. The molecule has 3 aromatic rings. The fraction of sp³-hybridized carbons (Fsp3) is 0.393. The van der Waals surface area contributed by atoms with Gasteiger partial charge in [0.25, 0.3) is 5.91 Å². The molecule has 1 spiro atoms. The van der Waals surface area contributed by atoms with Gasteiger partial charge in [-0.3, -0.25) is 9.59 Å². The number of likely N-dealkylation sites (tertiary alicyclic amines) is 2. The number of hydrogen-bond donors (Lipinski definition) is 0. The van der Waals surface area contributed by atoms with Crippen molar-refractivity contribution in [2.75, 3.05) is 26.2 Å². The Bertz CT molecular complexity index is 1230. The van der Waals surface area contributed by atoms with Crippen LogP contribution < -0.4 is 0 Å². The van der Waals surface area contributed by atoms with E-state index in [9.17, 15) is 14.0 Å². The molecule has 8 heteroatoms. The highest BCUT2D eigenvalue weighted by atomic mass is 19.1. The number of aromatic nitrogens is 1. The monoisotopic (exact) mass is 491 g/mol. The van der Waals surface area contributed by atoms with Gasteiger partial charge in [0, 0.05) is 44.4 Å². The normalized spacial score (nSPS) is 22.3. The zero-order valence-corrected chi connectivity index (χ0v) is 20.4. The Kier molecular flexibility index (Phi) is 6.87. The number of rotatable bonds is 6. The summed E-state index contributed by atoms with van der Waals surface area (Å²) in [7, 11) is 0. The van der Waals surface area contributed by atoms with Gasteiger partial charge in [-0.15, -0.1) is 0 Å². The van der Waals surface area contributed by atoms with Crippen molar-refractivity contribution in [3.8, 4) is 11.3 Å². The third kappa shape index (κ3) is 4.91. The third-order valence-electron chi connectivity index (χ3n) is 7.11. The van der Waals surface area contributed by atoms with Gasteiger partial charge in [-0.1, -0.05) is 47.6 Å². The SMILES string of the molecule is CCO[C@@H]1CN(Cc2ccccc2)C(=O)[C@@]2(CCCN(C(=O)c3cc(-c4cccc(F)c4)no3)C2)C1. The highest BCUT2D eigenvalue weighted by Gasteiger charge is 2.50. The molecule has 2 atom stereocenters. The minimum absolute atomic E-state index is 0.0674. The second-order valence-electron chi connectivity index (χ2n) is 9.65. The number of halogens is 1. The van der Waals surface area contributed by atoms with Crippen molar-refractivity contribution < 1.29 is 23.2 Å². The Morgan fingerprint density at radius 2 is 2.03 bits per heavy atom. The van der Waals surface area contributed by atoms with E-state index in [-0.39, 0.29) is 29.5 Å². The quantitative estimate of drug-likeness (QED) is 0.506. The minimum atomic E-state index is -0.702. The second-order valence-corrected chi connectivity index (χ2v) is 9.65. The molecule has 2 aromatic carbocycles. The van der Waals surface area contributed by atoms with E-state index >= 15 is 0 Å². The Balaban J connectivity index is 1.36. The highest BCUT2D eigenvalue weighted by molar-refractivity contribution is 5.93. The fourth-order valence-corrected chi connectivity index (χ4v) is 5.50. The van der Waals surface area contributed by atoms with Crippen LogP contribution in [0.5, 0.6) is 0 Å². The summed E-state index contributed by atoms with van der Waals surface area (Å²) in [4.78, 5) is 30.8. The lowest BCUT2D eigenvalue weighted by Crippen LogP contribution is -2.60. The molecule has 0 unspecified atom stereocenters. The van der Waals surface area contributed by atoms with E-state index in [0.717, 1.165) is 5.56 Å². The molecule has 2 fully saturated rings. The van der Waals surface area contributed by atoms with Gasteiger partial charge in [0.05, 0.1) is 11.5 Å². The summed E-state index contributed by atoms with van der Waals surface area (Å²) in [6.45, 7) is 4.41. The number of carbonyl (C=O) groups is 2. The van der Waals surface area contributed by atoms with Gasteiger partial charge in [-0.25, -0.2) is 4.39 Å². The average molecular weight is 492 g/mol. The molecular formula is C28H30FN3O4. The molecule has 0 bridgehead atoms.